The fraction of sp³-hybridized carbons (Fsp3) is 0.545. The summed E-state index contributed by atoms with van der Waals surface area (Å²) in [5, 5.41) is 13.8. The van der Waals surface area contributed by atoms with E-state index in [-0.39, 0.29) is 6.61 Å². The molecule has 5 nitrogen and oxygen atoms in total. The lowest BCUT2D eigenvalue weighted by Gasteiger charge is -2.28. The molecule has 0 aliphatic carbocycles. The Morgan fingerprint density at radius 1 is 1.11 bits per heavy atom. The van der Waals surface area contributed by atoms with Crippen LogP contribution in [0.3, 0.4) is 0 Å². The average Bonchev–Trinajstić information content (AvgIpc) is 3.12. The SMILES string of the molecule is COc1ccc(CNCc2ccc(C)s2)cc1OCC(O)CN1CCCCC1. The summed E-state index contributed by atoms with van der Waals surface area (Å²) in [4.78, 5) is 4.99. The first-order valence-electron chi connectivity index (χ1n) is 10.1. The maximum atomic E-state index is 10.3. The van der Waals surface area contributed by atoms with Crippen molar-refractivity contribution in [1.29, 1.82) is 0 Å². The van der Waals surface area contributed by atoms with Crippen LogP contribution in [0.4, 0.5) is 0 Å². The van der Waals surface area contributed by atoms with Crippen molar-refractivity contribution in [1.82, 2.24) is 10.2 Å². The number of ether oxygens (including phenoxy) is 2. The largest absolute Gasteiger partial charge is 0.493 e. The van der Waals surface area contributed by atoms with Crippen molar-refractivity contribution in [2.45, 2.75) is 45.4 Å². The van der Waals surface area contributed by atoms with Crippen LogP contribution in [0.15, 0.2) is 30.3 Å². The lowest BCUT2D eigenvalue weighted by Crippen LogP contribution is -2.38. The molecule has 0 spiro atoms. The Labute approximate surface area is 172 Å². The van der Waals surface area contributed by atoms with E-state index in [0.717, 1.165) is 31.7 Å². The van der Waals surface area contributed by atoms with Crippen LogP contribution >= 0.6 is 11.3 Å². The van der Waals surface area contributed by atoms with E-state index in [9.17, 15) is 5.11 Å². The molecule has 1 aliphatic heterocycles. The van der Waals surface area contributed by atoms with Gasteiger partial charge in [-0.05, 0) is 62.7 Å². The van der Waals surface area contributed by atoms with Gasteiger partial charge < -0.3 is 24.8 Å². The maximum absolute atomic E-state index is 10.3. The average molecular weight is 405 g/mol. The molecular weight excluding hydrogens is 372 g/mol. The minimum Gasteiger partial charge on any atom is -0.493 e. The summed E-state index contributed by atoms with van der Waals surface area (Å²) in [5.74, 6) is 1.38. The van der Waals surface area contributed by atoms with Crippen molar-refractivity contribution in [2.24, 2.45) is 0 Å². The number of likely N-dealkylation sites (tertiary alicyclic amines) is 1. The van der Waals surface area contributed by atoms with E-state index in [1.54, 1.807) is 7.11 Å². The molecule has 0 amide bonds. The van der Waals surface area contributed by atoms with E-state index in [1.165, 1.54) is 29.0 Å². The van der Waals surface area contributed by atoms with Gasteiger partial charge in [-0.15, -0.1) is 11.3 Å². The van der Waals surface area contributed by atoms with Crippen LogP contribution in [-0.2, 0) is 13.1 Å². The van der Waals surface area contributed by atoms with Crippen molar-refractivity contribution in [3.05, 3.63) is 45.6 Å². The first-order chi connectivity index (χ1) is 13.6. The van der Waals surface area contributed by atoms with E-state index in [4.69, 9.17) is 9.47 Å². The lowest BCUT2D eigenvalue weighted by molar-refractivity contribution is 0.0608. The number of rotatable bonds is 10. The minimum atomic E-state index is -0.494. The molecule has 1 fully saturated rings. The Morgan fingerprint density at radius 2 is 1.93 bits per heavy atom. The number of aryl methyl sites for hydroxylation is 1. The Kier molecular flexibility index (Phi) is 8.15. The van der Waals surface area contributed by atoms with Crippen molar-refractivity contribution in [3.63, 3.8) is 0 Å². The molecule has 1 aromatic heterocycles. The third kappa shape index (κ3) is 6.48. The predicted molar refractivity (Wildman–Crippen MR) is 114 cm³/mol. The third-order valence-electron chi connectivity index (χ3n) is 5.00. The molecule has 1 atom stereocenters. The topological polar surface area (TPSA) is 54.0 Å². The van der Waals surface area contributed by atoms with Gasteiger partial charge in [0.25, 0.3) is 0 Å². The van der Waals surface area contributed by atoms with Gasteiger partial charge in [-0.3, -0.25) is 0 Å². The molecule has 0 radical (unpaired) electrons. The van der Waals surface area contributed by atoms with Crippen molar-refractivity contribution >= 4 is 11.3 Å². The number of β-amino-alcohol motifs (C(OH)–C–C–N with tert-alkyl or cyclic N) is 1. The van der Waals surface area contributed by atoms with Crippen LogP contribution < -0.4 is 14.8 Å². The van der Waals surface area contributed by atoms with Crippen molar-refractivity contribution in [3.8, 4) is 11.5 Å². The fourth-order valence-corrected chi connectivity index (χ4v) is 4.39. The van der Waals surface area contributed by atoms with Gasteiger partial charge in [0.2, 0.25) is 0 Å². The van der Waals surface area contributed by atoms with Crippen LogP contribution in [0.25, 0.3) is 0 Å². The zero-order chi connectivity index (χ0) is 19.8. The Balaban J connectivity index is 1.50. The van der Waals surface area contributed by atoms with Gasteiger partial charge in [-0.25, -0.2) is 0 Å². The summed E-state index contributed by atoms with van der Waals surface area (Å²) >= 11 is 1.82. The van der Waals surface area contributed by atoms with Crippen molar-refractivity contribution in [2.75, 3.05) is 33.4 Å². The number of aliphatic hydroxyl groups excluding tert-OH is 1. The van der Waals surface area contributed by atoms with Gasteiger partial charge in [0.15, 0.2) is 11.5 Å². The lowest BCUT2D eigenvalue weighted by atomic mass is 10.1. The highest BCUT2D eigenvalue weighted by molar-refractivity contribution is 7.11. The van der Waals surface area contributed by atoms with Crippen LogP contribution in [0.2, 0.25) is 0 Å². The number of thiophene rings is 1. The van der Waals surface area contributed by atoms with Gasteiger partial charge in [-0.1, -0.05) is 12.5 Å². The Bertz CT molecular complexity index is 728. The molecule has 1 saturated heterocycles. The summed E-state index contributed by atoms with van der Waals surface area (Å²) < 4.78 is 11.3. The number of piperidine rings is 1. The predicted octanol–water partition coefficient (Wildman–Crippen LogP) is 3.58. The molecule has 28 heavy (non-hydrogen) atoms. The first-order valence-corrected chi connectivity index (χ1v) is 10.9. The summed E-state index contributed by atoms with van der Waals surface area (Å²) in [6.07, 6.45) is 3.25. The molecule has 1 aromatic carbocycles. The quantitative estimate of drug-likeness (QED) is 0.634. The highest BCUT2D eigenvalue weighted by Gasteiger charge is 2.16. The molecule has 2 heterocycles. The molecule has 2 N–H and O–H groups in total. The van der Waals surface area contributed by atoms with Crippen molar-refractivity contribution < 1.29 is 14.6 Å². The number of hydrogen-bond acceptors (Lipinski definition) is 6. The summed E-state index contributed by atoms with van der Waals surface area (Å²) in [5.41, 5.74) is 1.13. The maximum Gasteiger partial charge on any atom is 0.161 e. The monoisotopic (exact) mass is 404 g/mol. The highest BCUT2D eigenvalue weighted by Crippen LogP contribution is 2.28. The normalized spacial score (nSPS) is 16.1. The molecule has 2 aromatic rings. The highest BCUT2D eigenvalue weighted by atomic mass is 32.1. The minimum absolute atomic E-state index is 0.276. The van der Waals surface area contributed by atoms with E-state index < -0.39 is 6.10 Å². The second-order valence-electron chi connectivity index (χ2n) is 7.43. The molecule has 0 saturated carbocycles. The second-order valence-corrected chi connectivity index (χ2v) is 8.80. The summed E-state index contributed by atoms with van der Waals surface area (Å²) in [6, 6.07) is 10.3. The van der Waals surface area contributed by atoms with E-state index in [2.05, 4.69) is 29.3 Å². The first kappa shape index (κ1) is 21.1. The number of nitrogens with one attached hydrogen (secondary N) is 1. The van der Waals surface area contributed by atoms with E-state index in [0.29, 0.717) is 18.0 Å². The van der Waals surface area contributed by atoms with Gasteiger partial charge in [0, 0.05) is 29.4 Å². The molecule has 3 rings (SSSR count). The molecule has 6 heteroatoms. The molecule has 1 aliphatic rings. The number of methoxy groups -OCH3 is 1. The standard InChI is InChI=1S/C22H32N2O3S/c1-17-6-8-20(28-17)14-23-13-18-7-9-21(26-2)22(12-18)27-16-19(25)15-24-10-4-3-5-11-24/h6-9,12,19,23,25H,3-5,10-11,13-16H2,1-2H3. The smallest absolute Gasteiger partial charge is 0.161 e. The second kappa shape index (κ2) is 10.8. The van der Waals surface area contributed by atoms with Crippen LogP contribution in [0.1, 0.15) is 34.6 Å². The van der Waals surface area contributed by atoms with E-state index in [1.807, 2.05) is 29.5 Å². The number of aliphatic hydroxyl groups is 1. The molecule has 1 unspecified atom stereocenters. The van der Waals surface area contributed by atoms with Crippen LogP contribution in [-0.4, -0.2) is 49.5 Å². The van der Waals surface area contributed by atoms with Gasteiger partial charge in [-0.2, -0.15) is 0 Å². The number of benzene rings is 1. The summed E-state index contributed by atoms with van der Waals surface area (Å²) in [6.45, 7) is 6.84. The van der Waals surface area contributed by atoms with E-state index >= 15 is 0 Å². The van der Waals surface area contributed by atoms with Crippen LogP contribution in [0.5, 0.6) is 11.5 Å². The Hall–Kier alpha value is -1.60. The zero-order valence-corrected chi connectivity index (χ0v) is 17.8. The Morgan fingerprint density at radius 3 is 2.64 bits per heavy atom. The molecule has 154 valence electrons. The number of hydrogen-bond donors (Lipinski definition) is 2. The number of nitrogens with zero attached hydrogens (tertiary/aromatic N) is 1. The van der Waals surface area contributed by atoms with Gasteiger partial charge >= 0.3 is 0 Å². The van der Waals surface area contributed by atoms with Gasteiger partial charge in [0.1, 0.15) is 12.7 Å². The zero-order valence-electron chi connectivity index (χ0n) is 16.9. The fourth-order valence-electron chi connectivity index (χ4n) is 3.53. The molecular formula is C22H32N2O3S. The summed E-state index contributed by atoms with van der Waals surface area (Å²) in [7, 11) is 1.64. The third-order valence-corrected chi connectivity index (χ3v) is 6.00. The van der Waals surface area contributed by atoms with Crippen LogP contribution in [0, 0.1) is 6.92 Å². The van der Waals surface area contributed by atoms with Gasteiger partial charge in [0.05, 0.1) is 7.11 Å². The molecule has 0 bridgehead atoms.